The van der Waals surface area contributed by atoms with E-state index in [0.717, 1.165) is 18.1 Å². The van der Waals surface area contributed by atoms with Crippen LogP contribution in [0.2, 0.25) is 0 Å². The molecule has 0 aromatic heterocycles. The fraction of sp³-hybridized carbons (Fsp3) is 0.909. The van der Waals surface area contributed by atoms with Gasteiger partial charge in [-0.3, -0.25) is 0 Å². The number of urea groups is 1. The Morgan fingerprint density at radius 3 is 2.62 bits per heavy atom. The first kappa shape index (κ1) is 15.6. The molecule has 1 atom stereocenters. The maximum atomic E-state index is 11.2. The molecule has 16 heavy (non-hydrogen) atoms. The van der Waals surface area contributed by atoms with E-state index in [1.54, 1.807) is 6.92 Å². The summed E-state index contributed by atoms with van der Waals surface area (Å²) in [7, 11) is 0. The number of nitrogens with one attached hydrogen (secondary N) is 2. The fourth-order valence-electron chi connectivity index (χ4n) is 1.02. The smallest absolute Gasteiger partial charge is 0.315 e. The molecule has 5 heteroatoms. The van der Waals surface area contributed by atoms with Crippen LogP contribution in [0.15, 0.2) is 0 Å². The molecular formula is C11H24N2O2S. The standard InChI is InChI=1S/C11H24N2O2S/c1-9(2)8-16-6-4-5-12-11(15)13-10(3)7-14/h9-10,14H,4-8H2,1-3H3,(H2,12,13,15)/t10-/m0/s1. The van der Waals surface area contributed by atoms with Crippen molar-refractivity contribution in [2.45, 2.75) is 33.2 Å². The minimum atomic E-state index is -0.199. The van der Waals surface area contributed by atoms with Gasteiger partial charge in [0.05, 0.1) is 12.6 Å². The Morgan fingerprint density at radius 1 is 1.38 bits per heavy atom. The van der Waals surface area contributed by atoms with E-state index in [1.165, 1.54) is 5.75 Å². The van der Waals surface area contributed by atoms with E-state index in [4.69, 9.17) is 5.11 Å². The molecule has 0 aromatic carbocycles. The summed E-state index contributed by atoms with van der Waals surface area (Å²) >= 11 is 1.92. The van der Waals surface area contributed by atoms with Crippen molar-refractivity contribution in [2.75, 3.05) is 24.7 Å². The van der Waals surface area contributed by atoms with Gasteiger partial charge in [-0.05, 0) is 30.8 Å². The monoisotopic (exact) mass is 248 g/mol. The molecular weight excluding hydrogens is 224 g/mol. The third-order valence-electron chi connectivity index (χ3n) is 1.85. The summed E-state index contributed by atoms with van der Waals surface area (Å²) in [6, 6.07) is -0.384. The average Bonchev–Trinajstić information content (AvgIpc) is 2.22. The second-order valence-electron chi connectivity index (χ2n) is 4.31. The highest BCUT2D eigenvalue weighted by atomic mass is 32.2. The molecule has 0 aromatic rings. The van der Waals surface area contributed by atoms with Crippen LogP contribution in [0.1, 0.15) is 27.2 Å². The first-order valence-electron chi connectivity index (χ1n) is 5.79. The molecule has 0 saturated carbocycles. The largest absolute Gasteiger partial charge is 0.394 e. The summed E-state index contributed by atoms with van der Waals surface area (Å²) in [6.07, 6.45) is 0.984. The molecule has 0 fully saturated rings. The number of hydrogen-bond acceptors (Lipinski definition) is 3. The molecule has 0 radical (unpaired) electrons. The Labute approximate surface area is 103 Å². The quantitative estimate of drug-likeness (QED) is 0.570. The Kier molecular flexibility index (Phi) is 9.52. The molecule has 2 amide bonds. The van der Waals surface area contributed by atoms with Gasteiger partial charge in [-0.2, -0.15) is 11.8 Å². The number of carbonyl (C=O) groups excluding carboxylic acids is 1. The van der Waals surface area contributed by atoms with Crippen LogP contribution < -0.4 is 10.6 Å². The Morgan fingerprint density at radius 2 is 2.06 bits per heavy atom. The second-order valence-corrected chi connectivity index (χ2v) is 5.46. The Bertz CT molecular complexity index is 189. The zero-order chi connectivity index (χ0) is 12.4. The number of amides is 2. The lowest BCUT2D eigenvalue weighted by Gasteiger charge is -2.11. The maximum absolute atomic E-state index is 11.2. The van der Waals surface area contributed by atoms with Crippen molar-refractivity contribution in [1.29, 1.82) is 0 Å². The lowest BCUT2D eigenvalue weighted by molar-refractivity contribution is 0.220. The minimum absolute atomic E-state index is 0.0301. The average molecular weight is 248 g/mol. The highest BCUT2D eigenvalue weighted by molar-refractivity contribution is 7.99. The van der Waals surface area contributed by atoms with Gasteiger partial charge in [-0.25, -0.2) is 4.79 Å². The van der Waals surface area contributed by atoms with Gasteiger partial charge < -0.3 is 15.7 Å². The van der Waals surface area contributed by atoms with E-state index < -0.39 is 0 Å². The van der Waals surface area contributed by atoms with Crippen LogP contribution in [0.25, 0.3) is 0 Å². The zero-order valence-corrected chi connectivity index (χ0v) is 11.3. The van der Waals surface area contributed by atoms with Crippen molar-refractivity contribution in [3.63, 3.8) is 0 Å². The lowest BCUT2D eigenvalue weighted by atomic mass is 10.3. The minimum Gasteiger partial charge on any atom is -0.394 e. The first-order valence-corrected chi connectivity index (χ1v) is 6.94. The van der Waals surface area contributed by atoms with E-state index in [9.17, 15) is 4.79 Å². The Hall–Kier alpha value is -0.420. The summed E-state index contributed by atoms with van der Waals surface area (Å²) in [6.45, 7) is 6.83. The van der Waals surface area contributed by atoms with E-state index in [0.29, 0.717) is 6.54 Å². The number of aliphatic hydroxyl groups is 1. The zero-order valence-electron chi connectivity index (χ0n) is 10.5. The lowest BCUT2D eigenvalue weighted by Crippen LogP contribution is -2.42. The molecule has 0 saturated heterocycles. The van der Waals surface area contributed by atoms with Crippen LogP contribution in [0.3, 0.4) is 0 Å². The van der Waals surface area contributed by atoms with Crippen LogP contribution in [0.5, 0.6) is 0 Å². The predicted molar refractivity (Wildman–Crippen MR) is 69.9 cm³/mol. The number of aliphatic hydroxyl groups excluding tert-OH is 1. The molecule has 0 aliphatic carbocycles. The number of thioether (sulfide) groups is 1. The molecule has 0 unspecified atom stereocenters. The molecule has 0 spiro atoms. The molecule has 0 aliphatic rings. The topological polar surface area (TPSA) is 61.4 Å². The van der Waals surface area contributed by atoms with Crippen molar-refractivity contribution in [3.05, 3.63) is 0 Å². The molecule has 0 aliphatic heterocycles. The summed E-state index contributed by atoms with van der Waals surface area (Å²) in [4.78, 5) is 11.2. The maximum Gasteiger partial charge on any atom is 0.315 e. The second kappa shape index (κ2) is 9.78. The van der Waals surface area contributed by atoms with E-state index in [1.807, 2.05) is 11.8 Å². The summed E-state index contributed by atoms with van der Waals surface area (Å²) in [5.74, 6) is 2.98. The first-order chi connectivity index (χ1) is 7.56. The van der Waals surface area contributed by atoms with Crippen LogP contribution in [0, 0.1) is 5.92 Å². The molecule has 0 bridgehead atoms. The van der Waals surface area contributed by atoms with Crippen LogP contribution in [-0.2, 0) is 0 Å². The molecule has 4 nitrogen and oxygen atoms in total. The normalized spacial score (nSPS) is 12.6. The van der Waals surface area contributed by atoms with Crippen molar-refractivity contribution < 1.29 is 9.90 Å². The van der Waals surface area contributed by atoms with Crippen LogP contribution in [-0.4, -0.2) is 41.8 Å². The van der Waals surface area contributed by atoms with Gasteiger partial charge in [0.25, 0.3) is 0 Å². The van der Waals surface area contributed by atoms with Gasteiger partial charge in [0.2, 0.25) is 0 Å². The number of hydrogen-bond donors (Lipinski definition) is 3. The van der Waals surface area contributed by atoms with Gasteiger partial charge in [0.1, 0.15) is 0 Å². The van der Waals surface area contributed by atoms with Gasteiger partial charge in [-0.1, -0.05) is 13.8 Å². The molecule has 96 valence electrons. The molecule has 3 N–H and O–H groups in total. The summed E-state index contributed by atoms with van der Waals surface area (Å²) < 4.78 is 0. The highest BCUT2D eigenvalue weighted by Gasteiger charge is 2.04. The predicted octanol–water partition coefficient (Wildman–Crippen LogP) is 1.45. The van der Waals surface area contributed by atoms with Crippen molar-refractivity contribution in [1.82, 2.24) is 10.6 Å². The van der Waals surface area contributed by atoms with E-state index in [-0.39, 0.29) is 18.7 Å². The van der Waals surface area contributed by atoms with Crippen LogP contribution >= 0.6 is 11.8 Å². The summed E-state index contributed by atoms with van der Waals surface area (Å²) in [5.41, 5.74) is 0. The van der Waals surface area contributed by atoms with Gasteiger partial charge >= 0.3 is 6.03 Å². The van der Waals surface area contributed by atoms with Gasteiger partial charge in [0, 0.05) is 6.54 Å². The van der Waals surface area contributed by atoms with Crippen LogP contribution in [0.4, 0.5) is 4.79 Å². The summed E-state index contributed by atoms with van der Waals surface area (Å²) in [5, 5.41) is 14.1. The third kappa shape index (κ3) is 10.1. The van der Waals surface area contributed by atoms with Crippen molar-refractivity contribution >= 4 is 17.8 Å². The van der Waals surface area contributed by atoms with Crippen molar-refractivity contribution in [2.24, 2.45) is 5.92 Å². The number of rotatable bonds is 8. The Balaban J connectivity index is 3.28. The van der Waals surface area contributed by atoms with E-state index >= 15 is 0 Å². The third-order valence-corrected chi connectivity index (χ3v) is 3.33. The number of carbonyl (C=O) groups is 1. The van der Waals surface area contributed by atoms with Crippen molar-refractivity contribution in [3.8, 4) is 0 Å². The van der Waals surface area contributed by atoms with Gasteiger partial charge in [0.15, 0.2) is 0 Å². The molecule has 0 rings (SSSR count). The highest BCUT2D eigenvalue weighted by Crippen LogP contribution is 2.07. The fourth-order valence-corrected chi connectivity index (χ4v) is 2.00. The van der Waals surface area contributed by atoms with Gasteiger partial charge in [-0.15, -0.1) is 0 Å². The van der Waals surface area contributed by atoms with E-state index in [2.05, 4.69) is 24.5 Å². The SMILES string of the molecule is CC(C)CSCCCNC(=O)N[C@@H](C)CO. The molecule has 0 heterocycles.